The van der Waals surface area contributed by atoms with Gasteiger partial charge in [-0.25, -0.2) is 9.78 Å². The average Bonchev–Trinajstić information content (AvgIpc) is 2.71. The Morgan fingerprint density at radius 1 is 1.17 bits per heavy atom. The highest BCUT2D eigenvalue weighted by Crippen LogP contribution is 2.27. The van der Waals surface area contributed by atoms with Crippen molar-refractivity contribution in [2.24, 2.45) is 5.73 Å². The molecule has 3 rings (SSSR count). The molecule has 2 aromatic carbocycles. The molecule has 0 atom stereocenters. The van der Waals surface area contributed by atoms with Crippen molar-refractivity contribution in [2.45, 2.75) is 6.92 Å². The van der Waals surface area contributed by atoms with Gasteiger partial charge in [0.1, 0.15) is 11.6 Å². The minimum absolute atomic E-state index is 0.0832. The summed E-state index contributed by atoms with van der Waals surface area (Å²) in [5.41, 5.74) is 7.71. The van der Waals surface area contributed by atoms with Crippen LogP contribution in [-0.2, 0) is 9.53 Å². The monoisotopic (exact) mass is 449 g/mol. The molecule has 0 aliphatic heterocycles. The Bertz CT molecular complexity index is 1190. The lowest BCUT2D eigenvalue weighted by atomic mass is 10.0. The van der Waals surface area contributed by atoms with E-state index in [0.29, 0.717) is 16.6 Å². The van der Waals surface area contributed by atoms with E-state index in [1.165, 1.54) is 6.92 Å². The van der Waals surface area contributed by atoms with Crippen LogP contribution >= 0.6 is 15.9 Å². The van der Waals surface area contributed by atoms with Crippen molar-refractivity contribution in [3.05, 3.63) is 75.9 Å². The molecule has 1 aromatic heterocycles. The summed E-state index contributed by atoms with van der Waals surface area (Å²) in [6.07, 6.45) is 0. The Balaban J connectivity index is 1.98. The van der Waals surface area contributed by atoms with Crippen LogP contribution in [0.1, 0.15) is 17.3 Å². The number of Topliss-reactive ketones (excluding diaryl/α,β-unsaturated/α-hetero) is 1. The van der Waals surface area contributed by atoms with Crippen LogP contribution in [0.4, 0.5) is 0 Å². The molecule has 0 bridgehead atoms. The van der Waals surface area contributed by atoms with E-state index in [2.05, 4.69) is 20.9 Å². The zero-order valence-electron chi connectivity index (χ0n) is 15.5. The summed E-state index contributed by atoms with van der Waals surface area (Å²) < 4.78 is 6.06. The number of esters is 1. The molecule has 6 nitrogen and oxygen atoms in total. The second-order valence-electron chi connectivity index (χ2n) is 6.25. The molecule has 0 amide bonds. The fourth-order valence-electron chi connectivity index (χ4n) is 2.79. The molecular formula is C22H16BrN3O3. The van der Waals surface area contributed by atoms with Crippen molar-refractivity contribution >= 4 is 38.6 Å². The van der Waals surface area contributed by atoms with Crippen molar-refractivity contribution in [3.63, 3.8) is 0 Å². The number of carbonyl (C=O) groups is 2. The number of hydrogen-bond acceptors (Lipinski definition) is 6. The normalized spacial score (nSPS) is 11.5. The van der Waals surface area contributed by atoms with Gasteiger partial charge in [-0.1, -0.05) is 46.3 Å². The lowest BCUT2D eigenvalue weighted by Gasteiger charge is -2.10. The van der Waals surface area contributed by atoms with E-state index in [-0.39, 0.29) is 16.8 Å². The first kappa shape index (κ1) is 20.2. The number of ether oxygens (including phenoxy) is 1. The third-order valence-corrected chi connectivity index (χ3v) is 4.67. The van der Waals surface area contributed by atoms with Gasteiger partial charge in [-0.2, -0.15) is 5.26 Å². The van der Waals surface area contributed by atoms with E-state index < -0.39 is 18.4 Å². The molecule has 2 N–H and O–H groups in total. The van der Waals surface area contributed by atoms with Crippen LogP contribution < -0.4 is 5.73 Å². The smallest absolute Gasteiger partial charge is 0.339 e. The Hall–Kier alpha value is -3.50. The highest BCUT2D eigenvalue weighted by molar-refractivity contribution is 9.10. The fourth-order valence-corrected chi connectivity index (χ4v) is 3.19. The maximum Gasteiger partial charge on any atom is 0.339 e. The number of carbonyl (C=O) groups excluding carboxylic acids is 2. The molecule has 0 aliphatic carbocycles. The molecule has 1 heterocycles. The molecular weight excluding hydrogens is 434 g/mol. The van der Waals surface area contributed by atoms with Crippen molar-refractivity contribution in [1.82, 2.24) is 4.98 Å². The third kappa shape index (κ3) is 4.50. The van der Waals surface area contributed by atoms with Crippen LogP contribution in [0.2, 0.25) is 0 Å². The third-order valence-electron chi connectivity index (χ3n) is 4.18. The largest absolute Gasteiger partial charge is 0.454 e. The zero-order valence-corrected chi connectivity index (χ0v) is 17.1. The van der Waals surface area contributed by atoms with Crippen molar-refractivity contribution in [3.8, 4) is 17.3 Å². The summed E-state index contributed by atoms with van der Waals surface area (Å²) in [5.74, 6) is -1.33. The number of pyridine rings is 1. The number of nitrogens with zero attached hydrogens (tertiary/aromatic N) is 2. The van der Waals surface area contributed by atoms with Gasteiger partial charge in [0.2, 0.25) is 5.78 Å². The molecule has 144 valence electrons. The van der Waals surface area contributed by atoms with E-state index in [1.54, 1.807) is 30.3 Å². The highest BCUT2D eigenvalue weighted by atomic mass is 79.9. The van der Waals surface area contributed by atoms with Crippen LogP contribution in [0.3, 0.4) is 0 Å². The topological polar surface area (TPSA) is 106 Å². The van der Waals surface area contributed by atoms with Gasteiger partial charge in [-0.05, 0) is 31.2 Å². The van der Waals surface area contributed by atoms with Gasteiger partial charge in [0.05, 0.1) is 16.8 Å². The summed E-state index contributed by atoms with van der Waals surface area (Å²) in [6, 6.07) is 18.1. The van der Waals surface area contributed by atoms with E-state index in [4.69, 9.17) is 15.7 Å². The molecule has 3 aromatic rings. The van der Waals surface area contributed by atoms with E-state index in [0.717, 1.165) is 10.0 Å². The van der Waals surface area contributed by atoms with Gasteiger partial charge < -0.3 is 10.5 Å². The molecule has 0 fully saturated rings. The summed E-state index contributed by atoms with van der Waals surface area (Å²) in [7, 11) is 0. The lowest BCUT2D eigenvalue weighted by molar-refractivity contribution is -0.118. The van der Waals surface area contributed by atoms with Crippen LogP contribution in [0.25, 0.3) is 22.2 Å². The SMILES string of the molecule is C/C(N)=C(/C#N)C(=O)COC(=O)c1cc(-c2cccc(Br)c2)nc2ccccc12. The molecule has 0 aliphatic rings. The maximum atomic E-state index is 12.8. The second kappa shape index (κ2) is 8.67. The molecule has 0 spiro atoms. The summed E-state index contributed by atoms with van der Waals surface area (Å²) in [5, 5.41) is 9.62. The zero-order chi connectivity index (χ0) is 21.0. The first-order valence-corrected chi connectivity index (χ1v) is 9.42. The van der Waals surface area contributed by atoms with Crippen molar-refractivity contribution in [2.75, 3.05) is 6.61 Å². The number of fused-ring (bicyclic) bond motifs is 1. The van der Waals surface area contributed by atoms with E-state index in [9.17, 15) is 9.59 Å². The van der Waals surface area contributed by atoms with Gasteiger partial charge >= 0.3 is 5.97 Å². The van der Waals surface area contributed by atoms with Crippen LogP contribution in [0.5, 0.6) is 0 Å². The number of para-hydroxylation sites is 1. The molecule has 0 saturated heterocycles. The summed E-state index contributed by atoms with van der Waals surface area (Å²) in [6.45, 7) is 0.873. The Morgan fingerprint density at radius 3 is 2.62 bits per heavy atom. The average molecular weight is 450 g/mol. The lowest BCUT2D eigenvalue weighted by Crippen LogP contribution is -2.18. The minimum atomic E-state index is -0.680. The highest BCUT2D eigenvalue weighted by Gasteiger charge is 2.18. The number of rotatable bonds is 5. The first-order valence-electron chi connectivity index (χ1n) is 8.63. The molecule has 0 unspecified atom stereocenters. The number of nitriles is 1. The predicted molar refractivity (Wildman–Crippen MR) is 113 cm³/mol. The van der Waals surface area contributed by atoms with Gasteiger partial charge in [0, 0.05) is 21.1 Å². The summed E-state index contributed by atoms with van der Waals surface area (Å²) in [4.78, 5) is 29.5. The second-order valence-corrected chi connectivity index (χ2v) is 7.17. The van der Waals surface area contributed by atoms with Crippen LogP contribution in [-0.4, -0.2) is 23.3 Å². The number of halogens is 1. The van der Waals surface area contributed by atoms with E-state index >= 15 is 0 Å². The van der Waals surface area contributed by atoms with Crippen molar-refractivity contribution in [1.29, 1.82) is 5.26 Å². The van der Waals surface area contributed by atoms with E-state index in [1.807, 2.05) is 30.3 Å². The van der Waals surface area contributed by atoms with Gasteiger partial charge in [0.15, 0.2) is 6.61 Å². The quantitative estimate of drug-likeness (QED) is 0.356. The number of hydrogen-bond donors (Lipinski definition) is 1. The first-order chi connectivity index (χ1) is 13.9. The molecule has 7 heteroatoms. The van der Waals surface area contributed by atoms with Gasteiger partial charge in [-0.15, -0.1) is 0 Å². The van der Waals surface area contributed by atoms with Gasteiger partial charge in [-0.3, -0.25) is 4.79 Å². The standard InChI is InChI=1S/C22H16BrN3O3/c1-13(25)18(11-24)21(27)12-29-22(28)17-10-20(14-5-4-6-15(23)9-14)26-19-8-3-2-7-16(17)19/h2-10H,12,25H2,1H3/b18-13+. The Labute approximate surface area is 175 Å². The van der Waals surface area contributed by atoms with Crippen LogP contribution in [0.15, 0.2) is 70.3 Å². The maximum absolute atomic E-state index is 12.8. The molecule has 0 radical (unpaired) electrons. The summed E-state index contributed by atoms with van der Waals surface area (Å²) >= 11 is 3.43. The Morgan fingerprint density at radius 2 is 1.93 bits per heavy atom. The van der Waals surface area contributed by atoms with Crippen molar-refractivity contribution < 1.29 is 14.3 Å². The Kier molecular flexibility index (Phi) is 6.05. The fraction of sp³-hybridized carbons (Fsp3) is 0.0909. The molecule has 29 heavy (non-hydrogen) atoms. The molecule has 0 saturated carbocycles. The van der Waals surface area contributed by atoms with Crippen LogP contribution in [0, 0.1) is 11.3 Å². The number of nitrogens with two attached hydrogens (primary N) is 1. The minimum Gasteiger partial charge on any atom is -0.454 e. The number of benzene rings is 2. The van der Waals surface area contributed by atoms with Gasteiger partial charge in [0.25, 0.3) is 0 Å². The number of ketones is 1. The number of aromatic nitrogens is 1. The number of allylic oxidation sites excluding steroid dienone is 1. The predicted octanol–water partition coefficient (Wildman–Crippen LogP) is 4.15.